The van der Waals surface area contributed by atoms with Crippen molar-refractivity contribution >= 4 is 0 Å². The third kappa shape index (κ3) is 3.49. The maximum Gasteiger partial charge on any atom is 0.125 e. The summed E-state index contributed by atoms with van der Waals surface area (Å²) in [7, 11) is 0. The van der Waals surface area contributed by atoms with Gasteiger partial charge in [-0.2, -0.15) is 5.26 Å². The van der Waals surface area contributed by atoms with Gasteiger partial charge in [0.15, 0.2) is 0 Å². The van der Waals surface area contributed by atoms with Crippen LogP contribution < -0.4 is 4.74 Å². The van der Waals surface area contributed by atoms with Crippen molar-refractivity contribution in [1.82, 2.24) is 0 Å². The minimum Gasteiger partial charge on any atom is -0.493 e. The van der Waals surface area contributed by atoms with Crippen LogP contribution in [0.5, 0.6) is 5.75 Å². The van der Waals surface area contributed by atoms with Crippen LogP contribution in [0.1, 0.15) is 40.2 Å². The van der Waals surface area contributed by atoms with Gasteiger partial charge in [-0.25, -0.2) is 0 Å². The molecule has 0 aliphatic carbocycles. The molecule has 0 spiro atoms. The van der Waals surface area contributed by atoms with Gasteiger partial charge in [0.25, 0.3) is 0 Å². The van der Waals surface area contributed by atoms with E-state index in [-0.39, 0.29) is 5.92 Å². The average molecular weight is 293 g/mol. The normalized spacial score (nSPS) is 11.8. The van der Waals surface area contributed by atoms with Crippen LogP contribution >= 0.6 is 0 Å². The van der Waals surface area contributed by atoms with E-state index in [1.165, 1.54) is 11.1 Å². The first-order chi connectivity index (χ1) is 10.5. The van der Waals surface area contributed by atoms with E-state index in [0.717, 1.165) is 22.4 Å². The Morgan fingerprint density at radius 3 is 2.32 bits per heavy atom. The highest BCUT2D eigenvalue weighted by molar-refractivity contribution is 5.44. The summed E-state index contributed by atoms with van der Waals surface area (Å²) in [5, 5.41) is 9.45. The summed E-state index contributed by atoms with van der Waals surface area (Å²) in [5.41, 5.74) is 5.83. The van der Waals surface area contributed by atoms with Crippen molar-refractivity contribution < 1.29 is 4.74 Å². The number of nitrogens with zero attached hydrogens (tertiary/aromatic N) is 1. The predicted octanol–water partition coefficient (Wildman–Crippen LogP) is 5.00. The lowest BCUT2D eigenvalue weighted by Gasteiger charge is -2.16. The average Bonchev–Trinajstić information content (AvgIpc) is 2.52. The lowest BCUT2D eigenvalue weighted by molar-refractivity contribution is 0.301. The summed E-state index contributed by atoms with van der Waals surface area (Å²) < 4.78 is 5.99. The minimum atomic E-state index is -0.119. The van der Waals surface area contributed by atoms with Crippen molar-refractivity contribution in [3.05, 3.63) is 64.2 Å². The van der Waals surface area contributed by atoms with Gasteiger partial charge in [0.2, 0.25) is 0 Å². The molecule has 0 saturated heterocycles. The Bertz CT molecular complexity index is 697. The van der Waals surface area contributed by atoms with E-state index >= 15 is 0 Å². The summed E-state index contributed by atoms with van der Waals surface area (Å²) in [6.07, 6.45) is 0.703. The zero-order valence-electron chi connectivity index (χ0n) is 13.8. The zero-order valence-corrected chi connectivity index (χ0v) is 13.8. The monoisotopic (exact) mass is 293 g/mol. The Balaban J connectivity index is 2.06. The van der Waals surface area contributed by atoms with E-state index < -0.39 is 0 Å². The maximum atomic E-state index is 9.45. The molecule has 2 nitrogen and oxygen atoms in total. The smallest absolute Gasteiger partial charge is 0.125 e. The molecule has 0 heterocycles. The second kappa shape index (κ2) is 7.13. The molecule has 2 rings (SSSR count). The molecule has 0 N–H and O–H groups in total. The van der Waals surface area contributed by atoms with E-state index in [1.54, 1.807) is 0 Å². The van der Waals surface area contributed by atoms with E-state index in [2.05, 4.69) is 52.0 Å². The van der Waals surface area contributed by atoms with E-state index in [9.17, 15) is 5.26 Å². The summed E-state index contributed by atoms with van der Waals surface area (Å²) >= 11 is 0. The molecule has 2 heteroatoms. The van der Waals surface area contributed by atoms with Gasteiger partial charge in [0.1, 0.15) is 5.75 Å². The number of hydrogen-bond acceptors (Lipinski definition) is 2. The largest absolute Gasteiger partial charge is 0.493 e. The first kappa shape index (κ1) is 16.1. The van der Waals surface area contributed by atoms with Crippen molar-refractivity contribution in [3.8, 4) is 11.8 Å². The number of nitriles is 1. The summed E-state index contributed by atoms with van der Waals surface area (Å²) in [4.78, 5) is 0. The van der Waals surface area contributed by atoms with Crippen molar-refractivity contribution in [2.75, 3.05) is 6.61 Å². The van der Waals surface area contributed by atoms with Crippen LogP contribution in [-0.2, 0) is 0 Å². The first-order valence-corrected chi connectivity index (χ1v) is 7.69. The Morgan fingerprint density at radius 1 is 0.955 bits per heavy atom. The van der Waals surface area contributed by atoms with Gasteiger partial charge in [-0.05, 0) is 55.5 Å². The van der Waals surface area contributed by atoms with Gasteiger partial charge < -0.3 is 4.74 Å². The molecule has 0 aliphatic heterocycles. The summed E-state index contributed by atoms with van der Waals surface area (Å²) in [6, 6.07) is 14.7. The van der Waals surface area contributed by atoms with Crippen LogP contribution in [0.2, 0.25) is 0 Å². The number of ether oxygens (including phenoxy) is 1. The third-order valence-electron chi connectivity index (χ3n) is 4.25. The second-order valence-corrected chi connectivity index (χ2v) is 5.83. The second-order valence-electron chi connectivity index (χ2n) is 5.83. The molecule has 0 saturated carbocycles. The fraction of sp³-hybridized carbons (Fsp3) is 0.350. The molecule has 0 fully saturated rings. The third-order valence-corrected chi connectivity index (χ3v) is 4.25. The van der Waals surface area contributed by atoms with Crippen LogP contribution in [0.3, 0.4) is 0 Å². The fourth-order valence-corrected chi connectivity index (χ4v) is 2.69. The van der Waals surface area contributed by atoms with E-state index in [0.29, 0.717) is 13.0 Å². The lowest BCUT2D eigenvalue weighted by atomic mass is 9.93. The van der Waals surface area contributed by atoms with E-state index in [1.807, 2.05) is 18.2 Å². The molecular weight excluding hydrogens is 270 g/mol. The van der Waals surface area contributed by atoms with Crippen molar-refractivity contribution in [1.29, 1.82) is 5.26 Å². The van der Waals surface area contributed by atoms with Crippen molar-refractivity contribution in [2.45, 2.75) is 40.0 Å². The molecule has 2 aromatic carbocycles. The molecule has 0 aliphatic rings. The molecule has 114 valence electrons. The van der Waals surface area contributed by atoms with E-state index in [4.69, 9.17) is 4.74 Å². The number of hydrogen-bond donors (Lipinski definition) is 0. The SMILES string of the molecule is Cc1ccccc1C(C#N)CCOc1c(C)ccc(C)c1C. The molecule has 2 aromatic rings. The molecule has 0 amide bonds. The standard InChI is InChI=1S/C20H23NO/c1-14-9-10-16(3)20(17(14)4)22-12-11-18(13-21)19-8-6-5-7-15(19)2/h5-10,18H,11-12H2,1-4H3. The van der Waals surface area contributed by atoms with Crippen LogP contribution in [0.25, 0.3) is 0 Å². The van der Waals surface area contributed by atoms with Crippen molar-refractivity contribution in [3.63, 3.8) is 0 Å². The maximum absolute atomic E-state index is 9.45. The van der Waals surface area contributed by atoms with Crippen LogP contribution in [0.4, 0.5) is 0 Å². The topological polar surface area (TPSA) is 33.0 Å². The molecular formula is C20H23NO. The quantitative estimate of drug-likeness (QED) is 0.777. The van der Waals surface area contributed by atoms with Gasteiger partial charge in [0.05, 0.1) is 18.6 Å². The first-order valence-electron chi connectivity index (χ1n) is 7.69. The number of aryl methyl sites for hydroxylation is 3. The summed E-state index contributed by atoms with van der Waals surface area (Å²) in [6.45, 7) is 8.84. The lowest BCUT2D eigenvalue weighted by Crippen LogP contribution is -2.07. The van der Waals surface area contributed by atoms with Gasteiger partial charge >= 0.3 is 0 Å². The molecule has 1 unspecified atom stereocenters. The highest BCUT2D eigenvalue weighted by atomic mass is 16.5. The number of rotatable bonds is 5. The van der Waals surface area contributed by atoms with Gasteiger partial charge in [-0.1, -0.05) is 36.4 Å². The van der Waals surface area contributed by atoms with Gasteiger partial charge in [-0.15, -0.1) is 0 Å². The number of benzene rings is 2. The molecule has 0 radical (unpaired) electrons. The highest BCUT2D eigenvalue weighted by Gasteiger charge is 2.14. The minimum absolute atomic E-state index is 0.119. The fourth-order valence-electron chi connectivity index (χ4n) is 2.69. The molecule has 1 atom stereocenters. The Hall–Kier alpha value is -2.27. The zero-order chi connectivity index (χ0) is 16.1. The molecule has 0 bridgehead atoms. The molecule has 22 heavy (non-hydrogen) atoms. The van der Waals surface area contributed by atoms with Gasteiger partial charge in [-0.3, -0.25) is 0 Å². The highest BCUT2D eigenvalue weighted by Crippen LogP contribution is 2.27. The van der Waals surface area contributed by atoms with Gasteiger partial charge in [0, 0.05) is 6.42 Å². The van der Waals surface area contributed by atoms with Crippen molar-refractivity contribution in [2.24, 2.45) is 0 Å². The Morgan fingerprint density at radius 2 is 1.64 bits per heavy atom. The van der Waals surface area contributed by atoms with Crippen LogP contribution in [0.15, 0.2) is 36.4 Å². The Labute approximate surface area is 133 Å². The predicted molar refractivity (Wildman–Crippen MR) is 90.3 cm³/mol. The van der Waals surface area contributed by atoms with Crippen LogP contribution in [0, 0.1) is 39.0 Å². The Kier molecular flexibility index (Phi) is 5.22. The van der Waals surface area contributed by atoms with Crippen LogP contribution in [-0.4, -0.2) is 6.61 Å². The summed E-state index contributed by atoms with van der Waals surface area (Å²) in [5.74, 6) is 0.841. The molecule has 0 aromatic heterocycles.